The maximum absolute atomic E-state index is 7.52. The Hall–Kier alpha value is -0.920. The highest BCUT2D eigenvalue weighted by Gasteiger charge is 1.93. The highest BCUT2D eigenvalue weighted by molar-refractivity contribution is 5.82. The van der Waals surface area contributed by atoms with Crippen molar-refractivity contribution in [3.63, 3.8) is 0 Å². The molecular weight excluding hydrogens is 148 g/mol. The predicted molar refractivity (Wildman–Crippen MR) is 54.4 cm³/mol. The van der Waals surface area contributed by atoms with Crippen LogP contribution in [0.1, 0.15) is 39.0 Å². The van der Waals surface area contributed by atoms with Gasteiger partial charge in [0.25, 0.3) is 0 Å². The first-order chi connectivity index (χ1) is 5.81. The Morgan fingerprint density at radius 3 is 2.67 bits per heavy atom. The van der Waals surface area contributed by atoms with Crippen LogP contribution in [0.5, 0.6) is 0 Å². The molecule has 12 heavy (non-hydrogen) atoms. The standard InChI is InChI=1S/C10H18N2/c1-2-3-7-10(12)8-5-4-6-9-11/h2-3,9,11-12H,4-8H2,1H3/b3-2+,11-9?,12-10?. The van der Waals surface area contributed by atoms with Crippen LogP contribution in [0.2, 0.25) is 0 Å². The van der Waals surface area contributed by atoms with E-state index < -0.39 is 0 Å². The first kappa shape index (κ1) is 11.1. The largest absolute Gasteiger partial charge is 0.313 e. The molecule has 0 unspecified atom stereocenters. The molecule has 0 aliphatic rings. The van der Waals surface area contributed by atoms with Crippen molar-refractivity contribution < 1.29 is 0 Å². The van der Waals surface area contributed by atoms with E-state index in [4.69, 9.17) is 10.8 Å². The van der Waals surface area contributed by atoms with Crippen LogP contribution in [0.3, 0.4) is 0 Å². The second kappa shape index (κ2) is 8.18. The lowest BCUT2D eigenvalue weighted by molar-refractivity contribution is 0.792. The minimum atomic E-state index is 0.793. The van der Waals surface area contributed by atoms with Gasteiger partial charge >= 0.3 is 0 Å². The molecule has 2 nitrogen and oxygen atoms in total. The summed E-state index contributed by atoms with van der Waals surface area (Å²) in [5, 5.41) is 14.3. The molecule has 0 radical (unpaired) electrons. The zero-order chi connectivity index (χ0) is 9.23. The molecular formula is C10H18N2. The van der Waals surface area contributed by atoms with Gasteiger partial charge in [-0.1, -0.05) is 12.2 Å². The van der Waals surface area contributed by atoms with Crippen LogP contribution in [-0.4, -0.2) is 11.9 Å². The van der Waals surface area contributed by atoms with Crippen LogP contribution in [0, 0.1) is 10.8 Å². The Morgan fingerprint density at radius 1 is 1.33 bits per heavy atom. The van der Waals surface area contributed by atoms with Gasteiger partial charge < -0.3 is 10.8 Å². The van der Waals surface area contributed by atoms with Crippen molar-refractivity contribution in [2.24, 2.45) is 0 Å². The van der Waals surface area contributed by atoms with E-state index in [2.05, 4.69) is 0 Å². The predicted octanol–water partition coefficient (Wildman–Crippen LogP) is 3.18. The summed E-state index contributed by atoms with van der Waals surface area (Å²) in [6.07, 6.45) is 10.1. The molecule has 0 aromatic rings. The molecule has 0 atom stereocenters. The number of allylic oxidation sites excluding steroid dienone is 2. The van der Waals surface area contributed by atoms with Crippen LogP contribution >= 0.6 is 0 Å². The molecule has 0 heterocycles. The SMILES string of the molecule is C/C=C/CC(=N)CCCCC=N. The summed E-state index contributed by atoms with van der Waals surface area (Å²) in [5.74, 6) is 0. The van der Waals surface area contributed by atoms with Gasteiger partial charge in [-0.2, -0.15) is 0 Å². The monoisotopic (exact) mass is 166 g/mol. The lowest BCUT2D eigenvalue weighted by Gasteiger charge is -1.98. The Kier molecular flexibility index (Phi) is 7.55. The van der Waals surface area contributed by atoms with Crippen molar-refractivity contribution in [1.29, 1.82) is 10.8 Å². The molecule has 0 aliphatic carbocycles. The van der Waals surface area contributed by atoms with Gasteiger partial charge in [-0.3, -0.25) is 0 Å². The minimum absolute atomic E-state index is 0.793. The lowest BCUT2D eigenvalue weighted by Crippen LogP contribution is -1.93. The third kappa shape index (κ3) is 7.19. The number of unbranched alkanes of at least 4 members (excludes halogenated alkanes) is 2. The van der Waals surface area contributed by atoms with Crippen LogP contribution in [0.25, 0.3) is 0 Å². The van der Waals surface area contributed by atoms with Crippen LogP contribution < -0.4 is 0 Å². The van der Waals surface area contributed by atoms with Crippen molar-refractivity contribution >= 4 is 11.9 Å². The van der Waals surface area contributed by atoms with E-state index in [1.165, 1.54) is 6.21 Å². The topological polar surface area (TPSA) is 47.7 Å². The van der Waals surface area contributed by atoms with Crippen molar-refractivity contribution in [3.05, 3.63) is 12.2 Å². The Morgan fingerprint density at radius 2 is 2.08 bits per heavy atom. The maximum atomic E-state index is 7.52. The van der Waals surface area contributed by atoms with Gasteiger partial charge in [0, 0.05) is 12.1 Å². The minimum Gasteiger partial charge on any atom is -0.313 e. The van der Waals surface area contributed by atoms with E-state index in [-0.39, 0.29) is 0 Å². The molecule has 0 aliphatic heterocycles. The highest BCUT2D eigenvalue weighted by atomic mass is 14.4. The molecule has 0 amide bonds. The normalized spacial score (nSPS) is 10.4. The summed E-state index contributed by atoms with van der Waals surface area (Å²) in [5.41, 5.74) is 0.804. The Bertz CT molecular complexity index is 159. The molecule has 0 aromatic heterocycles. The summed E-state index contributed by atoms with van der Waals surface area (Å²) in [4.78, 5) is 0. The maximum Gasteiger partial charge on any atom is 0.0127 e. The van der Waals surface area contributed by atoms with E-state index in [1.54, 1.807) is 0 Å². The second-order valence-corrected chi connectivity index (χ2v) is 2.83. The van der Waals surface area contributed by atoms with Crippen molar-refractivity contribution in [2.75, 3.05) is 0 Å². The first-order valence-corrected chi connectivity index (χ1v) is 4.47. The molecule has 0 saturated carbocycles. The zero-order valence-electron chi connectivity index (χ0n) is 7.77. The number of hydrogen-bond donors (Lipinski definition) is 2. The van der Waals surface area contributed by atoms with Crippen LogP contribution in [0.4, 0.5) is 0 Å². The summed E-state index contributed by atoms with van der Waals surface area (Å²) in [7, 11) is 0. The molecule has 0 rings (SSSR count). The summed E-state index contributed by atoms with van der Waals surface area (Å²) < 4.78 is 0. The van der Waals surface area contributed by atoms with Crippen molar-refractivity contribution in [2.45, 2.75) is 39.0 Å². The van der Waals surface area contributed by atoms with Gasteiger partial charge in [0.05, 0.1) is 0 Å². The average molecular weight is 166 g/mol. The van der Waals surface area contributed by atoms with Gasteiger partial charge in [-0.05, 0) is 38.8 Å². The molecule has 2 N–H and O–H groups in total. The van der Waals surface area contributed by atoms with Gasteiger partial charge in [-0.25, -0.2) is 0 Å². The van der Waals surface area contributed by atoms with Gasteiger partial charge in [0.2, 0.25) is 0 Å². The number of nitrogens with one attached hydrogen (secondary N) is 2. The van der Waals surface area contributed by atoms with E-state index in [9.17, 15) is 0 Å². The Labute approximate surface area is 74.7 Å². The molecule has 68 valence electrons. The van der Waals surface area contributed by atoms with E-state index >= 15 is 0 Å². The molecule has 2 heteroatoms. The van der Waals surface area contributed by atoms with Gasteiger partial charge in [0.15, 0.2) is 0 Å². The van der Waals surface area contributed by atoms with Crippen LogP contribution in [-0.2, 0) is 0 Å². The number of hydrogen-bond acceptors (Lipinski definition) is 2. The van der Waals surface area contributed by atoms with Crippen molar-refractivity contribution in [1.82, 2.24) is 0 Å². The Balaban J connectivity index is 3.25. The molecule has 0 bridgehead atoms. The smallest absolute Gasteiger partial charge is 0.0127 e. The lowest BCUT2D eigenvalue weighted by atomic mass is 10.1. The molecule has 0 saturated heterocycles. The zero-order valence-corrected chi connectivity index (χ0v) is 7.77. The third-order valence-electron chi connectivity index (χ3n) is 1.68. The third-order valence-corrected chi connectivity index (χ3v) is 1.68. The summed E-state index contributed by atoms with van der Waals surface area (Å²) >= 11 is 0. The van der Waals surface area contributed by atoms with Gasteiger partial charge in [-0.15, -0.1) is 0 Å². The van der Waals surface area contributed by atoms with Crippen LogP contribution in [0.15, 0.2) is 12.2 Å². The van der Waals surface area contributed by atoms with E-state index in [0.29, 0.717) is 0 Å². The quantitative estimate of drug-likeness (QED) is 0.331. The van der Waals surface area contributed by atoms with Gasteiger partial charge in [0.1, 0.15) is 0 Å². The fourth-order valence-electron chi connectivity index (χ4n) is 0.947. The fraction of sp³-hybridized carbons (Fsp3) is 0.600. The molecule has 0 aromatic carbocycles. The van der Waals surface area contributed by atoms with Crippen molar-refractivity contribution in [3.8, 4) is 0 Å². The molecule has 0 fully saturated rings. The van der Waals surface area contributed by atoms with E-state index in [0.717, 1.165) is 37.8 Å². The molecule has 0 spiro atoms. The summed E-state index contributed by atoms with van der Waals surface area (Å²) in [6, 6.07) is 0. The highest BCUT2D eigenvalue weighted by Crippen LogP contribution is 2.01. The summed E-state index contributed by atoms with van der Waals surface area (Å²) in [6.45, 7) is 1.97. The first-order valence-electron chi connectivity index (χ1n) is 4.47. The second-order valence-electron chi connectivity index (χ2n) is 2.83. The van der Waals surface area contributed by atoms with E-state index in [1.807, 2.05) is 19.1 Å². The number of rotatable bonds is 7. The average Bonchev–Trinajstić information content (AvgIpc) is 2.09. The fourth-order valence-corrected chi connectivity index (χ4v) is 0.947.